The maximum atomic E-state index is 12.2. The predicted molar refractivity (Wildman–Crippen MR) is 74.5 cm³/mol. The van der Waals surface area contributed by atoms with Gasteiger partial charge in [-0.2, -0.15) is 4.31 Å². The molecular weight excluding hydrogens is 306 g/mol. The van der Waals surface area contributed by atoms with Crippen molar-refractivity contribution in [2.75, 3.05) is 18.4 Å². The lowest BCUT2D eigenvalue weighted by molar-refractivity contribution is -0.140. The van der Waals surface area contributed by atoms with E-state index in [0.717, 1.165) is 29.8 Å². The largest absolute Gasteiger partial charge is 0.481 e. The number of carboxylic acids is 1. The summed E-state index contributed by atoms with van der Waals surface area (Å²) >= 11 is 0. The van der Waals surface area contributed by atoms with Gasteiger partial charge in [-0.05, 0) is 12.8 Å². The first-order chi connectivity index (χ1) is 8.99. The van der Waals surface area contributed by atoms with Crippen LogP contribution in [0.15, 0.2) is 0 Å². The van der Waals surface area contributed by atoms with E-state index in [0.29, 0.717) is 12.8 Å². The monoisotopic (exact) mass is 327 g/mol. The normalized spacial score (nSPS) is 19.9. The Hall–Kier alpha value is -0.670. The third kappa shape index (κ3) is 4.42. The minimum atomic E-state index is -4.04. The van der Waals surface area contributed by atoms with Crippen LogP contribution in [-0.2, 0) is 24.7 Å². The van der Waals surface area contributed by atoms with Crippen LogP contribution < -0.4 is 0 Å². The van der Waals surface area contributed by atoms with Crippen molar-refractivity contribution in [1.29, 1.82) is 0 Å². The Labute approximate surface area is 119 Å². The minimum Gasteiger partial charge on any atom is -0.481 e. The van der Waals surface area contributed by atoms with Crippen molar-refractivity contribution in [2.24, 2.45) is 0 Å². The summed E-state index contributed by atoms with van der Waals surface area (Å²) in [7, 11) is -6.45. The van der Waals surface area contributed by atoms with Crippen LogP contribution >= 0.6 is 0 Å². The van der Waals surface area contributed by atoms with Crippen molar-refractivity contribution in [3.8, 4) is 0 Å². The van der Waals surface area contributed by atoms with Crippen molar-refractivity contribution < 1.29 is 26.7 Å². The Kier molecular flexibility index (Phi) is 5.20. The highest BCUT2D eigenvalue weighted by Crippen LogP contribution is 2.37. The number of carbonyl (C=O) groups is 1. The second kappa shape index (κ2) is 5.98. The van der Waals surface area contributed by atoms with Gasteiger partial charge >= 0.3 is 5.97 Å². The Bertz CT molecular complexity index is 560. The maximum absolute atomic E-state index is 12.2. The van der Waals surface area contributed by atoms with E-state index in [1.807, 2.05) is 0 Å². The molecule has 0 heterocycles. The number of rotatable bonds is 6. The lowest BCUT2D eigenvalue weighted by Gasteiger charge is -2.42. The zero-order chi connectivity index (χ0) is 15.6. The highest BCUT2D eigenvalue weighted by molar-refractivity contribution is 8.06. The van der Waals surface area contributed by atoms with E-state index in [4.69, 9.17) is 5.11 Å². The SMILES string of the molecule is CN(C1(CC(=O)O)CCCCC1)S(=O)(=O)CS(C)(=O)=O. The molecule has 0 aliphatic heterocycles. The highest BCUT2D eigenvalue weighted by atomic mass is 32.3. The summed E-state index contributed by atoms with van der Waals surface area (Å²) in [6.45, 7) is 0. The first-order valence-electron chi connectivity index (χ1n) is 6.35. The zero-order valence-corrected chi connectivity index (χ0v) is 13.3. The quantitative estimate of drug-likeness (QED) is 0.757. The van der Waals surface area contributed by atoms with Gasteiger partial charge in [0.1, 0.15) is 0 Å². The lowest BCUT2D eigenvalue weighted by atomic mass is 9.79. The second-order valence-corrected chi connectivity index (χ2v) is 9.98. The first-order valence-corrected chi connectivity index (χ1v) is 10.0. The average molecular weight is 327 g/mol. The van der Waals surface area contributed by atoms with Crippen LogP contribution in [0.25, 0.3) is 0 Å². The molecule has 1 N–H and O–H groups in total. The van der Waals surface area contributed by atoms with Gasteiger partial charge in [-0.25, -0.2) is 16.8 Å². The third-order valence-electron chi connectivity index (χ3n) is 3.71. The molecule has 1 rings (SSSR count). The van der Waals surface area contributed by atoms with Gasteiger partial charge in [0.15, 0.2) is 14.9 Å². The van der Waals surface area contributed by atoms with Gasteiger partial charge in [0.25, 0.3) is 0 Å². The number of carboxylic acid groups (broad SMARTS) is 1. The van der Waals surface area contributed by atoms with Crippen LogP contribution in [0.1, 0.15) is 38.5 Å². The van der Waals surface area contributed by atoms with Gasteiger partial charge in [-0.1, -0.05) is 19.3 Å². The van der Waals surface area contributed by atoms with Crippen molar-refractivity contribution >= 4 is 25.8 Å². The maximum Gasteiger partial charge on any atom is 0.305 e. The van der Waals surface area contributed by atoms with Gasteiger partial charge in [0.05, 0.1) is 6.42 Å². The number of nitrogens with zero attached hydrogens (tertiary/aromatic N) is 1. The average Bonchev–Trinajstić information content (AvgIpc) is 2.25. The number of hydrogen-bond donors (Lipinski definition) is 1. The van der Waals surface area contributed by atoms with E-state index >= 15 is 0 Å². The molecule has 1 aliphatic rings. The summed E-state index contributed by atoms with van der Waals surface area (Å²) in [6, 6.07) is 0. The molecule has 0 atom stereocenters. The van der Waals surface area contributed by atoms with Gasteiger partial charge in [0, 0.05) is 18.8 Å². The topological polar surface area (TPSA) is 109 Å². The summed E-state index contributed by atoms with van der Waals surface area (Å²) in [5.41, 5.74) is -1.01. The zero-order valence-electron chi connectivity index (χ0n) is 11.7. The summed E-state index contributed by atoms with van der Waals surface area (Å²) in [4.78, 5) is 11.0. The number of sulfonamides is 1. The molecule has 0 spiro atoms. The number of aliphatic carboxylic acids is 1. The molecule has 1 saturated carbocycles. The van der Waals surface area contributed by atoms with E-state index in [1.165, 1.54) is 7.05 Å². The van der Waals surface area contributed by atoms with Crippen LogP contribution in [0.2, 0.25) is 0 Å². The Morgan fingerprint density at radius 1 is 1.15 bits per heavy atom. The fourth-order valence-electron chi connectivity index (χ4n) is 2.74. The molecular formula is C11H21NO6S2. The fourth-order valence-corrected chi connectivity index (χ4v) is 6.37. The van der Waals surface area contributed by atoms with E-state index in [9.17, 15) is 21.6 Å². The lowest BCUT2D eigenvalue weighted by Crippen LogP contribution is -2.53. The third-order valence-corrected chi connectivity index (χ3v) is 7.84. The molecule has 20 heavy (non-hydrogen) atoms. The predicted octanol–water partition coefficient (Wildman–Crippen LogP) is 0.428. The van der Waals surface area contributed by atoms with Crippen molar-refractivity contribution in [3.05, 3.63) is 0 Å². The summed E-state index contributed by atoms with van der Waals surface area (Å²) in [5.74, 6) is -1.08. The molecule has 118 valence electrons. The van der Waals surface area contributed by atoms with Crippen LogP contribution in [0.4, 0.5) is 0 Å². The molecule has 1 aliphatic carbocycles. The molecule has 0 amide bonds. The van der Waals surface area contributed by atoms with Crippen molar-refractivity contribution in [3.63, 3.8) is 0 Å². The molecule has 0 aromatic rings. The van der Waals surface area contributed by atoms with Crippen LogP contribution in [0, 0.1) is 0 Å². The molecule has 0 aromatic heterocycles. The Morgan fingerprint density at radius 2 is 1.65 bits per heavy atom. The Morgan fingerprint density at radius 3 is 2.05 bits per heavy atom. The van der Waals surface area contributed by atoms with E-state index in [-0.39, 0.29) is 6.42 Å². The highest BCUT2D eigenvalue weighted by Gasteiger charge is 2.44. The van der Waals surface area contributed by atoms with Gasteiger partial charge < -0.3 is 5.11 Å². The molecule has 7 nitrogen and oxygen atoms in total. The van der Waals surface area contributed by atoms with Crippen molar-refractivity contribution in [2.45, 2.75) is 44.1 Å². The van der Waals surface area contributed by atoms with Crippen LogP contribution in [0.5, 0.6) is 0 Å². The van der Waals surface area contributed by atoms with Gasteiger partial charge in [-0.3, -0.25) is 4.79 Å². The minimum absolute atomic E-state index is 0.299. The van der Waals surface area contributed by atoms with Gasteiger partial charge in [0.2, 0.25) is 10.0 Å². The van der Waals surface area contributed by atoms with Crippen LogP contribution in [-0.4, -0.2) is 56.1 Å². The Balaban J connectivity index is 3.10. The number of sulfone groups is 1. The summed E-state index contributed by atoms with van der Waals surface area (Å²) < 4.78 is 47.8. The molecule has 0 aromatic carbocycles. The molecule has 0 saturated heterocycles. The molecule has 0 unspecified atom stereocenters. The molecule has 1 fully saturated rings. The smallest absolute Gasteiger partial charge is 0.305 e. The van der Waals surface area contributed by atoms with Crippen molar-refractivity contribution in [1.82, 2.24) is 4.31 Å². The standard InChI is InChI=1S/C11H21NO6S2/c1-12(20(17,18)9-19(2,15)16)11(8-10(13)14)6-4-3-5-7-11/h3-9H2,1-2H3,(H,13,14). The summed E-state index contributed by atoms with van der Waals surface area (Å²) in [6.07, 6.45) is 3.85. The van der Waals surface area contributed by atoms with Crippen LogP contribution in [0.3, 0.4) is 0 Å². The molecule has 0 radical (unpaired) electrons. The molecule has 0 bridgehead atoms. The van der Waals surface area contributed by atoms with Gasteiger partial charge in [-0.15, -0.1) is 0 Å². The second-order valence-electron chi connectivity index (χ2n) is 5.48. The fraction of sp³-hybridized carbons (Fsp3) is 0.909. The van der Waals surface area contributed by atoms with E-state index in [1.54, 1.807) is 0 Å². The summed E-state index contributed by atoms with van der Waals surface area (Å²) in [5, 5.41) is 8.05. The van der Waals surface area contributed by atoms with E-state index < -0.39 is 36.5 Å². The number of hydrogen-bond acceptors (Lipinski definition) is 5. The molecule has 9 heteroatoms. The first kappa shape index (κ1) is 17.4. The van der Waals surface area contributed by atoms with E-state index in [2.05, 4.69) is 0 Å².